The van der Waals surface area contributed by atoms with Crippen molar-refractivity contribution in [2.75, 3.05) is 20.2 Å². The van der Waals surface area contributed by atoms with Crippen LogP contribution in [0.15, 0.2) is 42.5 Å². The second kappa shape index (κ2) is 8.67. The van der Waals surface area contributed by atoms with Gasteiger partial charge in [0, 0.05) is 13.1 Å². The van der Waals surface area contributed by atoms with Crippen molar-refractivity contribution in [3.05, 3.63) is 59.2 Å². The van der Waals surface area contributed by atoms with Gasteiger partial charge < -0.3 is 4.74 Å². The molecule has 29 heavy (non-hydrogen) atoms. The molecule has 0 amide bonds. The van der Waals surface area contributed by atoms with Crippen molar-refractivity contribution >= 4 is 16.0 Å². The van der Waals surface area contributed by atoms with Crippen LogP contribution in [0.25, 0.3) is 11.1 Å². The average molecular weight is 416 g/mol. The molecule has 3 rings (SSSR count). The highest BCUT2D eigenvalue weighted by Gasteiger charge is 2.36. The summed E-state index contributed by atoms with van der Waals surface area (Å²) in [6.45, 7) is 6.45. The zero-order chi connectivity index (χ0) is 21.2. The Morgan fingerprint density at radius 1 is 1.10 bits per heavy atom. The summed E-state index contributed by atoms with van der Waals surface area (Å²) in [5, 5.41) is -1.17. The number of nitrogens with zero attached hydrogens (tertiary/aromatic N) is 1. The van der Waals surface area contributed by atoms with Crippen LogP contribution in [0.1, 0.15) is 42.4 Å². The van der Waals surface area contributed by atoms with Crippen molar-refractivity contribution in [2.45, 2.75) is 44.8 Å². The molecule has 1 fully saturated rings. The topological polar surface area (TPSA) is 63.7 Å². The van der Waals surface area contributed by atoms with Gasteiger partial charge in [0.25, 0.3) is 0 Å². The van der Waals surface area contributed by atoms with Gasteiger partial charge in [0.1, 0.15) is 0 Å². The summed E-state index contributed by atoms with van der Waals surface area (Å²) < 4.78 is 31.3. The first-order chi connectivity index (χ1) is 13.7. The first-order valence-corrected chi connectivity index (χ1v) is 11.5. The first kappa shape index (κ1) is 21.5. The Balaban J connectivity index is 1.71. The van der Waals surface area contributed by atoms with Gasteiger partial charge in [-0.25, -0.2) is 12.7 Å². The molecule has 156 valence electrons. The summed E-state index contributed by atoms with van der Waals surface area (Å²) in [4.78, 5) is 11.7. The fraction of sp³-hybridized carbons (Fsp3) is 0.435. The van der Waals surface area contributed by atoms with Gasteiger partial charge >= 0.3 is 5.97 Å². The van der Waals surface area contributed by atoms with Crippen LogP contribution in [0.2, 0.25) is 0 Å². The van der Waals surface area contributed by atoms with E-state index in [2.05, 4.69) is 61.0 Å². The van der Waals surface area contributed by atoms with E-state index in [0.717, 1.165) is 12.8 Å². The van der Waals surface area contributed by atoms with Crippen molar-refractivity contribution in [3.8, 4) is 11.1 Å². The molecule has 1 unspecified atom stereocenters. The van der Waals surface area contributed by atoms with Gasteiger partial charge in [-0.3, -0.25) is 4.79 Å². The summed E-state index contributed by atoms with van der Waals surface area (Å²) in [7, 11) is -2.46. The van der Waals surface area contributed by atoms with Gasteiger partial charge in [-0.1, -0.05) is 48.0 Å². The second-order valence-electron chi connectivity index (χ2n) is 7.83. The van der Waals surface area contributed by atoms with Gasteiger partial charge in [0.15, 0.2) is 5.25 Å². The van der Waals surface area contributed by atoms with E-state index in [9.17, 15) is 13.2 Å². The van der Waals surface area contributed by atoms with Crippen LogP contribution in [0.4, 0.5) is 0 Å². The lowest BCUT2D eigenvalue weighted by atomic mass is 9.87. The van der Waals surface area contributed by atoms with Crippen LogP contribution >= 0.6 is 0 Å². The Hall–Kier alpha value is -2.18. The fourth-order valence-electron chi connectivity index (χ4n) is 4.03. The number of methoxy groups -OCH3 is 1. The number of carbonyl (C=O) groups is 1. The van der Waals surface area contributed by atoms with Gasteiger partial charge in [0.2, 0.25) is 10.0 Å². The molecular formula is C23H29NO4S. The fourth-order valence-corrected chi connectivity index (χ4v) is 5.54. The molecule has 5 nitrogen and oxygen atoms in total. The van der Waals surface area contributed by atoms with Crippen molar-refractivity contribution < 1.29 is 17.9 Å². The van der Waals surface area contributed by atoms with Crippen molar-refractivity contribution in [1.29, 1.82) is 0 Å². The predicted octanol–water partition coefficient (Wildman–Crippen LogP) is 4.04. The minimum Gasteiger partial charge on any atom is -0.468 e. The monoisotopic (exact) mass is 415 g/mol. The number of hydrogen-bond donors (Lipinski definition) is 0. The molecule has 0 N–H and O–H groups in total. The van der Waals surface area contributed by atoms with E-state index in [1.165, 1.54) is 46.2 Å². The van der Waals surface area contributed by atoms with Crippen molar-refractivity contribution in [3.63, 3.8) is 0 Å². The van der Waals surface area contributed by atoms with Crippen LogP contribution in [0.3, 0.4) is 0 Å². The van der Waals surface area contributed by atoms with E-state index in [4.69, 9.17) is 0 Å². The number of carbonyl (C=O) groups excluding carboxylic acids is 1. The first-order valence-electron chi connectivity index (χ1n) is 9.98. The minimum absolute atomic E-state index is 0.320. The number of esters is 1. The third kappa shape index (κ3) is 4.54. The minimum atomic E-state index is -3.68. The molecule has 0 radical (unpaired) electrons. The van der Waals surface area contributed by atoms with E-state index in [0.29, 0.717) is 19.0 Å². The van der Waals surface area contributed by atoms with Crippen LogP contribution in [-0.2, 0) is 19.6 Å². The van der Waals surface area contributed by atoms with Gasteiger partial charge in [-0.05, 0) is 61.8 Å². The SMILES string of the molecule is COC(=O)C(C)S(=O)(=O)N1CCC(c2ccc(-c3cccc(C)c3)c(C)c2)CC1. The van der Waals surface area contributed by atoms with Crippen molar-refractivity contribution in [2.24, 2.45) is 0 Å². The van der Waals surface area contributed by atoms with Gasteiger partial charge in [-0.15, -0.1) is 0 Å². The largest absolute Gasteiger partial charge is 0.468 e. The Morgan fingerprint density at radius 2 is 1.79 bits per heavy atom. The molecular weight excluding hydrogens is 386 g/mol. The highest BCUT2D eigenvalue weighted by atomic mass is 32.2. The van der Waals surface area contributed by atoms with E-state index < -0.39 is 21.2 Å². The number of rotatable bonds is 5. The molecule has 1 saturated heterocycles. The van der Waals surface area contributed by atoms with Crippen LogP contribution < -0.4 is 0 Å². The molecule has 1 aliphatic heterocycles. The zero-order valence-corrected chi connectivity index (χ0v) is 18.3. The molecule has 0 spiro atoms. The lowest BCUT2D eigenvalue weighted by Crippen LogP contribution is -2.45. The average Bonchev–Trinajstić information content (AvgIpc) is 2.72. The lowest BCUT2D eigenvalue weighted by Gasteiger charge is -2.32. The Labute approximate surface area is 173 Å². The summed E-state index contributed by atoms with van der Waals surface area (Å²) in [5.41, 5.74) is 6.15. The maximum atomic E-state index is 12.6. The van der Waals surface area contributed by atoms with E-state index in [-0.39, 0.29) is 0 Å². The van der Waals surface area contributed by atoms with Gasteiger partial charge in [-0.2, -0.15) is 0 Å². The zero-order valence-electron chi connectivity index (χ0n) is 17.5. The molecule has 1 heterocycles. The highest BCUT2D eigenvalue weighted by Crippen LogP contribution is 2.33. The normalized spacial score (nSPS) is 17.1. The number of benzene rings is 2. The number of piperidine rings is 1. The van der Waals surface area contributed by atoms with Crippen LogP contribution in [0.5, 0.6) is 0 Å². The Bertz CT molecular complexity index is 992. The quantitative estimate of drug-likeness (QED) is 0.692. The maximum absolute atomic E-state index is 12.6. The lowest BCUT2D eigenvalue weighted by molar-refractivity contribution is -0.139. The van der Waals surface area contributed by atoms with Crippen LogP contribution in [0, 0.1) is 13.8 Å². The molecule has 0 saturated carbocycles. The van der Waals surface area contributed by atoms with E-state index in [1.807, 2.05) is 0 Å². The maximum Gasteiger partial charge on any atom is 0.325 e. The van der Waals surface area contributed by atoms with Crippen LogP contribution in [-0.4, -0.2) is 44.1 Å². The van der Waals surface area contributed by atoms with Gasteiger partial charge in [0.05, 0.1) is 7.11 Å². The number of aryl methyl sites for hydroxylation is 2. The number of sulfonamides is 1. The number of ether oxygens (including phenoxy) is 1. The summed E-state index contributed by atoms with van der Waals surface area (Å²) in [6.07, 6.45) is 1.49. The summed E-state index contributed by atoms with van der Waals surface area (Å²) in [6, 6.07) is 15.0. The smallest absolute Gasteiger partial charge is 0.325 e. The predicted molar refractivity (Wildman–Crippen MR) is 115 cm³/mol. The number of hydrogen-bond acceptors (Lipinski definition) is 4. The molecule has 2 aromatic carbocycles. The summed E-state index contributed by atoms with van der Waals surface area (Å²) in [5.74, 6) is -0.394. The molecule has 0 aromatic heterocycles. The van der Waals surface area contributed by atoms with Crippen molar-refractivity contribution in [1.82, 2.24) is 4.31 Å². The van der Waals surface area contributed by atoms with E-state index in [1.54, 1.807) is 0 Å². The molecule has 0 aliphatic carbocycles. The van der Waals surface area contributed by atoms with E-state index >= 15 is 0 Å². The third-order valence-electron chi connectivity index (χ3n) is 5.84. The molecule has 0 bridgehead atoms. The second-order valence-corrected chi connectivity index (χ2v) is 10.1. The molecule has 6 heteroatoms. The third-order valence-corrected chi connectivity index (χ3v) is 8.02. The molecule has 1 atom stereocenters. The summed E-state index contributed by atoms with van der Waals surface area (Å²) >= 11 is 0. The standard InChI is InChI=1S/C23H29NO4S/c1-16-6-5-7-21(14-16)22-9-8-20(15-17(22)2)19-10-12-24(13-11-19)29(26,27)18(3)23(25)28-4/h5-9,14-15,18-19H,10-13H2,1-4H3. The Morgan fingerprint density at radius 3 is 2.38 bits per heavy atom. The molecule has 1 aliphatic rings. The molecule has 2 aromatic rings. The Kier molecular flexibility index (Phi) is 6.44. The highest BCUT2D eigenvalue weighted by molar-refractivity contribution is 7.90.